The molecule has 27 heavy (non-hydrogen) atoms. The summed E-state index contributed by atoms with van der Waals surface area (Å²) >= 11 is 0. The number of halogens is 3. The van der Waals surface area contributed by atoms with Gasteiger partial charge < -0.3 is 9.47 Å². The summed E-state index contributed by atoms with van der Waals surface area (Å²) in [6, 6.07) is 5.16. The summed E-state index contributed by atoms with van der Waals surface area (Å²) < 4.78 is 40.6. The molecule has 1 saturated heterocycles. The van der Waals surface area contributed by atoms with Gasteiger partial charge in [0.1, 0.15) is 5.69 Å². The monoisotopic (exact) mass is 381 g/mol. The number of benzene rings is 1. The van der Waals surface area contributed by atoms with E-state index in [4.69, 9.17) is 0 Å². The van der Waals surface area contributed by atoms with Crippen molar-refractivity contribution in [1.82, 2.24) is 14.4 Å². The zero-order valence-corrected chi connectivity index (χ0v) is 16.2. The van der Waals surface area contributed by atoms with E-state index >= 15 is 0 Å². The predicted molar refractivity (Wildman–Crippen MR) is 99.8 cm³/mol. The molecule has 0 spiro atoms. The average Bonchev–Trinajstić information content (AvgIpc) is 2.74. The van der Waals surface area contributed by atoms with Crippen LogP contribution in [0.4, 0.5) is 13.2 Å². The molecule has 1 amide bonds. The fraction of sp³-hybridized carbons (Fsp3) is 0.550. The summed E-state index contributed by atoms with van der Waals surface area (Å²) in [5, 5.41) is 0.432. The molecule has 3 rings (SSSR count). The van der Waals surface area contributed by atoms with Gasteiger partial charge in [-0.3, -0.25) is 9.69 Å². The number of rotatable bonds is 1. The molecule has 0 radical (unpaired) electrons. The molecule has 7 heteroatoms. The van der Waals surface area contributed by atoms with E-state index in [0.29, 0.717) is 29.7 Å². The fourth-order valence-corrected chi connectivity index (χ4v) is 3.68. The topological polar surface area (TPSA) is 28.5 Å². The average molecular weight is 381 g/mol. The Labute approximate surface area is 157 Å². The molecule has 2 aromatic rings. The molecule has 1 aliphatic rings. The van der Waals surface area contributed by atoms with E-state index in [1.54, 1.807) is 17.7 Å². The first-order valence-corrected chi connectivity index (χ1v) is 9.19. The standard InChI is InChI=1S/C20H26F3N3O/c1-19(2,3)26-9-5-8-25(10-11-26)18(27)17-13-14-12-15(20(21,22)23)6-7-16(14)24(17)4/h6-7,12-13H,5,8-11H2,1-4H3. The van der Waals surface area contributed by atoms with Crippen LogP contribution in [0.2, 0.25) is 0 Å². The maximum Gasteiger partial charge on any atom is 0.416 e. The third-order valence-electron chi connectivity index (χ3n) is 5.32. The summed E-state index contributed by atoms with van der Waals surface area (Å²) in [7, 11) is 1.72. The number of aromatic nitrogens is 1. The van der Waals surface area contributed by atoms with Crippen molar-refractivity contribution >= 4 is 16.8 Å². The molecule has 148 valence electrons. The van der Waals surface area contributed by atoms with E-state index in [2.05, 4.69) is 25.7 Å². The Morgan fingerprint density at radius 3 is 2.33 bits per heavy atom. The molecule has 1 fully saturated rings. The van der Waals surface area contributed by atoms with Crippen molar-refractivity contribution in [3.8, 4) is 0 Å². The van der Waals surface area contributed by atoms with E-state index in [-0.39, 0.29) is 11.4 Å². The molecule has 1 aliphatic heterocycles. The first kappa shape index (κ1) is 19.7. The molecule has 4 nitrogen and oxygen atoms in total. The van der Waals surface area contributed by atoms with Gasteiger partial charge in [0, 0.05) is 49.7 Å². The number of amides is 1. The van der Waals surface area contributed by atoms with Crippen molar-refractivity contribution in [2.45, 2.75) is 38.9 Å². The van der Waals surface area contributed by atoms with Crippen LogP contribution in [0.3, 0.4) is 0 Å². The van der Waals surface area contributed by atoms with Crippen LogP contribution in [-0.4, -0.2) is 52.0 Å². The zero-order chi connectivity index (χ0) is 20.0. The number of hydrogen-bond acceptors (Lipinski definition) is 2. The van der Waals surface area contributed by atoms with Gasteiger partial charge in [-0.25, -0.2) is 0 Å². The number of aryl methyl sites for hydroxylation is 1. The Bertz CT molecular complexity index is 848. The van der Waals surface area contributed by atoms with Gasteiger partial charge in [-0.15, -0.1) is 0 Å². The van der Waals surface area contributed by atoms with E-state index in [1.165, 1.54) is 6.07 Å². The normalized spacial score (nSPS) is 17.4. The van der Waals surface area contributed by atoms with Gasteiger partial charge in [0.05, 0.1) is 5.56 Å². The molecule has 0 saturated carbocycles. The van der Waals surface area contributed by atoms with Crippen molar-refractivity contribution in [3.63, 3.8) is 0 Å². The minimum Gasteiger partial charge on any atom is -0.340 e. The molecule has 0 aliphatic carbocycles. The first-order valence-electron chi connectivity index (χ1n) is 9.19. The lowest BCUT2D eigenvalue weighted by Gasteiger charge is -2.34. The second kappa shape index (κ2) is 6.86. The number of carbonyl (C=O) groups is 1. The third kappa shape index (κ3) is 3.98. The van der Waals surface area contributed by atoms with Crippen LogP contribution in [0.15, 0.2) is 24.3 Å². The second-order valence-electron chi connectivity index (χ2n) is 8.16. The number of carbonyl (C=O) groups excluding carboxylic acids is 1. The smallest absolute Gasteiger partial charge is 0.340 e. The van der Waals surface area contributed by atoms with E-state index in [0.717, 1.165) is 31.6 Å². The van der Waals surface area contributed by atoms with Crippen molar-refractivity contribution in [2.75, 3.05) is 26.2 Å². The Balaban J connectivity index is 1.86. The number of nitrogens with zero attached hydrogens (tertiary/aromatic N) is 3. The van der Waals surface area contributed by atoms with Crippen LogP contribution in [0.25, 0.3) is 10.9 Å². The lowest BCUT2D eigenvalue weighted by molar-refractivity contribution is -0.137. The van der Waals surface area contributed by atoms with Crippen LogP contribution in [0, 0.1) is 0 Å². The Kier molecular flexibility index (Phi) is 5.01. The highest BCUT2D eigenvalue weighted by Gasteiger charge is 2.31. The Hall–Kier alpha value is -2.02. The summed E-state index contributed by atoms with van der Waals surface area (Å²) in [6.07, 6.45) is -3.51. The molecule has 1 aromatic carbocycles. The van der Waals surface area contributed by atoms with Crippen molar-refractivity contribution < 1.29 is 18.0 Å². The number of hydrogen-bond donors (Lipinski definition) is 0. The summed E-state index contributed by atoms with van der Waals surface area (Å²) in [4.78, 5) is 17.2. The van der Waals surface area contributed by atoms with Crippen LogP contribution in [0.5, 0.6) is 0 Å². The molecule has 0 unspecified atom stereocenters. The molecule has 0 atom stereocenters. The lowest BCUT2D eigenvalue weighted by Crippen LogP contribution is -2.44. The molecule has 0 N–H and O–H groups in total. The maximum absolute atomic E-state index is 13.0. The van der Waals surface area contributed by atoms with Crippen LogP contribution < -0.4 is 0 Å². The second-order valence-corrected chi connectivity index (χ2v) is 8.16. The highest BCUT2D eigenvalue weighted by molar-refractivity contribution is 5.99. The van der Waals surface area contributed by atoms with Crippen molar-refractivity contribution in [1.29, 1.82) is 0 Å². The largest absolute Gasteiger partial charge is 0.416 e. The van der Waals surface area contributed by atoms with Gasteiger partial charge in [0.15, 0.2) is 0 Å². The van der Waals surface area contributed by atoms with Crippen molar-refractivity contribution in [2.24, 2.45) is 7.05 Å². The molecular weight excluding hydrogens is 355 g/mol. The first-order chi connectivity index (χ1) is 12.5. The van der Waals surface area contributed by atoms with Gasteiger partial charge in [-0.05, 0) is 51.5 Å². The van der Waals surface area contributed by atoms with Gasteiger partial charge >= 0.3 is 6.18 Å². The molecule has 2 heterocycles. The van der Waals surface area contributed by atoms with Gasteiger partial charge in [0.25, 0.3) is 5.91 Å². The SMILES string of the molecule is Cn1c(C(=O)N2CCCN(C(C)(C)C)CC2)cc2cc(C(F)(F)F)ccc21. The molecule has 0 bridgehead atoms. The highest BCUT2D eigenvalue weighted by Crippen LogP contribution is 2.32. The molecule has 1 aromatic heterocycles. The number of alkyl halides is 3. The Morgan fingerprint density at radius 2 is 1.70 bits per heavy atom. The summed E-state index contributed by atoms with van der Waals surface area (Å²) in [5.41, 5.74) is 0.397. The van der Waals surface area contributed by atoms with E-state index in [1.807, 2.05) is 4.90 Å². The van der Waals surface area contributed by atoms with Gasteiger partial charge in [-0.2, -0.15) is 13.2 Å². The van der Waals surface area contributed by atoms with Crippen LogP contribution >= 0.6 is 0 Å². The fourth-order valence-electron chi connectivity index (χ4n) is 3.68. The zero-order valence-electron chi connectivity index (χ0n) is 16.2. The molecular formula is C20H26F3N3O. The van der Waals surface area contributed by atoms with E-state index < -0.39 is 11.7 Å². The highest BCUT2D eigenvalue weighted by atomic mass is 19.4. The lowest BCUT2D eigenvalue weighted by atomic mass is 10.1. The minimum absolute atomic E-state index is 0.0483. The number of fused-ring (bicyclic) bond motifs is 1. The van der Waals surface area contributed by atoms with Crippen molar-refractivity contribution in [3.05, 3.63) is 35.5 Å². The quantitative estimate of drug-likeness (QED) is 0.743. The minimum atomic E-state index is -4.39. The van der Waals surface area contributed by atoms with Crippen LogP contribution in [0.1, 0.15) is 43.2 Å². The summed E-state index contributed by atoms with van der Waals surface area (Å²) in [5.74, 6) is -0.127. The Morgan fingerprint density at radius 1 is 1.00 bits per heavy atom. The maximum atomic E-state index is 13.0. The predicted octanol–water partition coefficient (Wildman–Crippen LogP) is 4.14. The van der Waals surface area contributed by atoms with Gasteiger partial charge in [-0.1, -0.05) is 0 Å². The van der Waals surface area contributed by atoms with E-state index in [9.17, 15) is 18.0 Å². The van der Waals surface area contributed by atoms with Crippen LogP contribution in [-0.2, 0) is 13.2 Å². The van der Waals surface area contributed by atoms with Gasteiger partial charge in [0.2, 0.25) is 0 Å². The summed E-state index contributed by atoms with van der Waals surface area (Å²) in [6.45, 7) is 9.47. The third-order valence-corrected chi connectivity index (χ3v) is 5.32.